The molecule has 0 radical (unpaired) electrons. The molecule has 1 unspecified atom stereocenters. The zero-order chi connectivity index (χ0) is 13.1. The van der Waals surface area contributed by atoms with E-state index in [2.05, 4.69) is 11.7 Å². The normalized spacial score (nSPS) is 11.8. The number of hydrogen-bond donors (Lipinski definition) is 1. The van der Waals surface area contributed by atoms with Gasteiger partial charge in [-0.2, -0.15) is 5.26 Å². The average molecular weight is 244 g/mol. The van der Waals surface area contributed by atoms with Crippen molar-refractivity contribution in [2.45, 2.75) is 6.10 Å². The van der Waals surface area contributed by atoms with Gasteiger partial charge < -0.3 is 9.63 Å². The highest BCUT2D eigenvalue weighted by Gasteiger charge is 2.17. The van der Waals surface area contributed by atoms with Crippen LogP contribution in [0.5, 0.6) is 0 Å². The number of hydrogen-bond acceptors (Lipinski definition) is 4. The van der Waals surface area contributed by atoms with Gasteiger partial charge in [0.25, 0.3) is 0 Å². The van der Waals surface area contributed by atoms with Crippen LogP contribution in [0.15, 0.2) is 47.0 Å². The molecule has 18 heavy (non-hydrogen) atoms. The lowest BCUT2D eigenvalue weighted by molar-refractivity contribution is 0.209. The standard InChI is InChI=1S/C13H9FN2O2/c1-8(7-15)13(17)11-6-12(18-16-11)9-2-4-10(14)5-3-9/h2-6,13,17H,1H2. The Labute approximate surface area is 103 Å². The molecule has 5 heteroatoms. The maximum atomic E-state index is 12.8. The van der Waals surface area contributed by atoms with E-state index in [1.807, 2.05) is 0 Å². The predicted molar refractivity (Wildman–Crippen MR) is 61.6 cm³/mol. The third-order valence-electron chi connectivity index (χ3n) is 2.41. The van der Waals surface area contributed by atoms with E-state index in [9.17, 15) is 9.50 Å². The van der Waals surface area contributed by atoms with Gasteiger partial charge in [-0.15, -0.1) is 0 Å². The molecule has 0 fully saturated rings. The second-order valence-electron chi connectivity index (χ2n) is 3.66. The van der Waals surface area contributed by atoms with Crippen molar-refractivity contribution in [2.24, 2.45) is 0 Å². The van der Waals surface area contributed by atoms with E-state index < -0.39 is 6.10 Å². The maximum Gasteiger partial charge on any atom is 0.167 e. The second-order valence-corrected chi connectivity index (χ2v) is 3.66. The zero-order valence-electron chi connectivity index (χ0n) is 9.30. The topological polar surface area (TPSA) is 70.0 Å². The lowest BCUT2D eigenvalue weighted by Crippen LogP contribution is -1.98. The Morgan fingerprint density at radius 2 is 2.11 bits per heavy atom. The van der Waals surface area contributed by atoms with Crippen molar-refractivity contribution in [2.75, 3.05) is 0 Å². The fourth-order valence-electron chi connectivity index (χ4n) is 1.41. The minimum Gasteiger partial charge on any atom is -0.381 e. The summed E-state index contributed by atoms with van der Waals surface area (Å²) in [6.07, 6.45) is -1.19. The average Bonchev–Trinajstić information content (AvgIpc) is 2.87. The van der Waals surface area contributed by atoms with Crippen molar-refractivity contribution < 1.29 is 14.0 Å². The van der Waals surface area contributed by atoms with Gasteiger partial charge in [0.15, 0.2) is 5.76 Å². The van der Waals surface area contributed by atoms with E-state index in [4.69, 9.17) is 9.78 Å². The van der Waals surface area contributed by atoms with Crippen molar-refractivity contribution >= 4 is 0 Å². The van der Waals surface area contributed by atoms with Crippen molar-refractivity contribution in [3.63, 3.8) is 0 Å². The van der Waals surface area contributed by atoms with Gasteiger partial charge in [0.1, 0.15) is 17.6 Å². The first-order chi connectivity index (χ1) is 8.61. The van der Waals surface area contributed by atoms with E-state index in [1.165, 1.54) is 30.3 Å². The molecule has 0 saturated heterocycles. The Morgan fingerprint density at radius 1 is 1.44 bits per heavy atom. The van der Waals surface area contributed by atoms with Crippen LogP contribution in [0.1, 0.15) is 11.8 Å². The van der Waals surface area contributed by atoms with Crippen molar-refractivity contribution in [1.82, 2.24) is 5.16 Å². The lowest BCUT2D eigenvalue weighted by atomic mass is 10.1. The SMILES string of the molecule is C=C(C#N)C(O)c1cc(-c2ccc(F)cc2)on1. The molecule has 0 bridgehead atoms. The Hall–Kier alpha value is -2.45. The van der Waals surface area contributed by atoms with Gasteiger partial charge >= 0.3 is 0 Å². The van der Waals surface area contributed by atoms with Crippen LogP contribution in [-0.4, -0.2) is 10.3 Å². The van der Waals surface area contributed by atoms with Crippen LogP contribution in [0.3, 0.4) is 0 Å². The van der Waals surface area contributed by atoms with Gasteiger partial charge in [0.05, 0.1) is 11.6 Å². The lowest BCUT2D eigenvalue weighted by Gasteiger charge is -2.01. The molecule has 2 rings (SSSR count). The molecule has 0 amide bonds. The quantitative estimate of drug-likeness (QED) is 0.842. The van der Waals surface area contributed by atoms with Gasteiger partial charge in [-0.3, -0.25) is 0 Å². The Morgan fingerprint density at radius 3 is 2.72 bits per heavy atom. The van der Waals surface area contributed by atoms with Crippen LogP contribution < -0.4 is 0 Å². The highest BCUT2D eigenvalue weighted by molar-refractivity contribution is 5.57. The number of benzene rings is 1. The molecular formula is C13H9FN2O2. The largest absolute Gasteiger partial charge is 0.381 e. The van der Waals surface area contributed by atoms with Crippen molar-refractivity contribution in [3.8, 4) is 17.4 Å². The summed E-state index contributed by atoms with van der Waals surface area (Å²) in [5.41, 5.74) is 0.805. The van der Waals surface area contributed by atoms with Crippen LogP contribution in [0.4, 0.5) is 4.39 Å². The van der Waals surface area contributed by atoms with Crippen LogP contribution in [0.2, 0.25) is 0 Å². The monoisotopic (exact) mass is 244 g/mol. The zero-order valence-corrected chi connectivity index (χ0v) is 9.30. The molecule has 1 heterocycles. The predicted octanol–water partition coefficient (Wildman–Crippen LogP) is 2.59. The number of halogens is 1. The molecule has 2 aromatic rings. The minimum absolute atomic E-state index is 0.0195. The van der Waals surface area contributed by atoms with Crippen molar-refractivity contribution in [3.05, 3.63) is 54.0 Å². The molecule has 1 aromatic carbocycles. The number of rotatable bonds is 3. The fourth-order valence-corrected chi connectivity index (χ4v) is 1.41. The first-order valence-corrected chi connectivity index (χ1v) is 5.11. The number of nitrogens with zero attached hydrogens (tertiary/aromatic N) is 2. The molecule has 0 spiro atoms. The molecule has 4 nitrogen and oxygen atoms in total. The summed E-state index contributed by atoms with van der Waals surface area (Å²) in [5, 5.41) is 22.0. The first kappa shape index (κ1) is 12.0. The Balaban J connectivity index is 2.28. The third-order valence-corrected chi connectivity index (χ3v) is 2.41. The highest BCUT2D eigenvalue weighted by Crippen LogP contribution is 2.25. The summed E-state index contributed by atoms with van der Waals surface area (Å²) >= 11 is 0. The smallest absolute Gasteiger partial charge is 0.167 e. The summed E-state index contributed by atoms with van der Waals surface area (Å²) in [4.78, 5) is 0. The Kier molecular flexibility index (Phi) is 3.22. The van der Waals surface area contributed by atoms with Crippen LogP contribution in [0, 0.1) is 17.1 Å². The number of aliphatic hydroxyl groups excluding tert-OH is 1. The number of aromatic nitrogens is 1. The fraction of sp³-hybridized carbons (Fsp3) is 0.0769. The van der Waals surface area contributed by atoms with E-state index in [0.717, 1.165) is 0 Å². The van der Waals surface area contributed by atoms with Gasteiger partial charge in [-0.1, -0.05) is 11.7 Å². The van der Waals surface area contributed by atoms with Crippen LogP contribution >= 0.6 is 0 Å². The second kappa shape index (κ2) is 4.82. The molecule has 0 aliphatic heterocycles. The molecule has 90 valence electrons. The summed E-state index contributed by atoms with van der Waals surface area (Å²) in [6, 6.07) is 8.88. The van der Waals surface area contributed by atoms with Crippen LogP contribution in [-0.2, 0) is 0 Å². The number of aliphatic hydroxyl groups is 1. The molecule has 1 aromatic heterocycles. The van der Waals surface area contributed by atoms with E-state index in [1.54, 1.807) is 6.07 Å². The maximum absolute atomic E-state index is 12.8. The van der Waals surface area contributed by atoms with Gasteiger partial charge in [0, 0.05) is 11.6 Å². The van der Waals surface area contributed by atoms with Gasteiger partial charge in [0.2, 0.25) is 0 Å². The van der Waals surface area contributed by atoms with Crippen molar-refractivity contribution in [1.29, 1.82) is 5.26 Å². The van der Waals surface area contributed by atoms with Crippen LogP contribution in [0.25, 0.3) is 11.3 Å². The minimum atomic E-state index is -1.19. The molecule has 1 N–H and O–H groups in total. The van der Waals surface area contributed by atoms with E-state index in [0.29, 0.717) is 11.3 Å². The molecule has 1 atom stereocenters. The van der Waals surface area contributed by atoms with Gasteiger partial charge in [-0.25, -0.2) is 4.39 Å². The molecule has 0 saturated carbocycles. The summed E-state index contributed by atoms with van der Waals surface area (Å²) in [5.74, 6) is 0.0335. The molecular weight excluding hydrogens is 235 g/mol. The molecule has 0 aliphatic rings. The Bertz CT molecular complexity index is 611. The summed E-state index contributed by atoms with van der Waals surface area (Å²) in [7, 11) is 0. The summed E-state index contributed by atoms with van der Waals surface area (Å²) in [6.45, 7) is 3.40. The highest BCUT2D eigenvalue weighted by atomic mass is 19.1. The number of nitriles is 1. The van der Waals surface area contributed by atoms with Gasteiger partial charge in [-0.05, 0) is 24.3 Å². The summed E-state index contributed by atoms with van der Waals surface area (Å²) < 4.78 is 17.8. The third kappa shape index (κ3) is 2.29. The first-order valence-electron chi connectivity index (χ1n) is 5.11. The van der Waals surface area contributed by atoms with E-state index >= 15 is 0 Å². The van der Waals surface area contributed by atoms with E-state index in [-0.39, 0.29) is 17.1 Å². The molecule has 0 aliphatic carbocycles.